The van der Waals surface area contributed by atoms with Crippen LogP contribution in [-0.2, 0) is 40.7 Å². The predicted octanol–water partition coefficient (Wildman–Crippen LogP) is 19.5. The molecule has 0 saturated heterocycles. The molecular formula is C88H58N8O6PdS2. The summed E-state index contributed by atoms with van der Waals surface area (Å²) < 4.78 is 80.7. The zero-order valence-corrected chi connectivity index (χ0v) is 58.7. The van der Waals surface area contributed by atoms with Crippen LogP contribution in [0.4, 0.5) is 0 Å². The molecule has 8 aromatic carbocycles. The average Bonchev–Trinajstić information content (AvgIpc) is 1.58. The van der Waals surface area contributed by atoms with Gasteiger partial charge in [-0.15, -0.1) is 0 Å². The van der Waals surface area contributed by atoms with Crippen LogP contribution in [0.3, 0.4) is 0 Å². The molecule has 4 N–H and O–H groups in total. The molecule has 0 spiro atoms. The summed E-state index contributed by atoms with van der Waals surface area (Å²) in [5.74, 6) is 0. The Balaban J connectivity index is 0.000000160. The SMILES string of the molecule is O=S(=O)([O-])c1c(-c2ccccc2)c2[nH]c1cc1nc(cc3ccc(cc4nc(c2-c2ccccc2)C(c2ccccc2)=C4c2ccccc2)[nH]3)C=C1.O=S(=O)([O-])c1c(-c2ccccc2)c2[nH]c1cc1nc(cc3ccc(cc4nc(c2-c2ccccc2)C(c2ccccc2)=C4c2ccccc2)[nH]3)C=C1.[Pd+2]. The molecule has 0 saturated carbocycles. The third kappa shape index (κ3) is 13.2. The molecule has 0 aliphatic carbocycles. The van der Waals surface area contributed by atoms with Gasteiger partial charge in [-0.3, -0.25) is 0 Å². The van der Waals surface area contributed by atoms with Gasteiger partial charge < -0.3 is 29.0 Å². The number of rotatable bonds is 10. The average molecular weight is 1490 g/mol. The fraction of sp³-hybridized carbons (Fsp3) is 0. The van der Waals surface area contributed by atoms with E-state index in [4.69, 9.17) is 19.9 Å². The van der Waals surface area contributed by atoms with Crippen LogP contribution < -0.4 is 0 Å². The molecule has 0 fully saturated rings. The fourth-order valence-electron chi connectivity index (χ4n) is 14.2. The third-order valence-corrected chi connectivity index (χ3v) is 20.3. The van der Waals surface area contributed by atoms with E-state index in [0.29, 0.717) is 67.5 Å². The van der Waals surface area contributed by atoms with E-state index < -0.39 is 20.2 Å². The van der Waals surface area contributed by atoms with Crippen molar-refractivity contribution in [1.82, 2.24) is 39.9 Å². The molecule has 4 aliphatic rings. The predicted molar refractivity (Wildman–Crippen MR) is 413 cm³/mol. The van der Waals surface area contributed by atoms with Gasteiger partial charge in [0.05, 0.1) is 77.4 Å². The van der Waals surface area contributed by atoms with Crippen LogP contribution in [-0.4, -0.2) is 65.8 Å². The van der Waals surface area contributed by atoms with Gasteiger partial charge in [-0.05, 0) is 129 Å². The number of fused-ring (bicyclic) bond motifs is 16. The summed E-state index contributed by atoms with van der Waals surface area (Å²) in [5, 5.41) is 0. The minimum absolute atomic E-state index is 0. The second-order valence-electron chi connectivity index (χ2n) is 25.2. The second-order valence-corrected chi connectivity index (χ2v) is 27.8. The molecule has 10 heterocycles. The Hall–Kier alpha value is -12.6. The third-order valence-electron chi connectivity index (χ3n) is 18.5. The number of H-pyrrole nitrogens is 4. The molecule has 6 aromatic heterocycles. The summed E-state index contributed by atoms with van der Waals surface area (Å²) in [4.78, 5) is 33.6. The van der Waals surface area contributed by atoms with E-state index >= 15 is 0 Å². The molecule has 105 heavy (non-hydrogen) atoms. The molecule has 14 aromatic rings. The smallest absolute Gasteiger partial charge is 0.744 e. The Morgan fingerprint density at radius 3 is 0.790 bits per heavy atom. The van der Waals surface area contributed by atoms with Crippen molar-refractivity contribution >= 4 is 111 Å². The number of hydrogen-bond donors (Lipinski definition) is 4. The summed E-state index contributed by atoms with van der Waals surface area (Å²) in [5.41, 5.74) is 21.5. The normalized spacial score (nSPS) is 12.6. The Kier molecular flexibility index (Phi) is 17.9. The van der Waals surface area contributed by atoms with Crippen molar-refractivity contribution in [3.05, 3.63) is 371 Å². The van der Waals surface area contributed by atoms with Crippen LogP contribution in [0.15, 0.2) is 313 Å². The van der Waals surface area contributed by atoms with Gasteiger partial charge in [0, 0.05) is 66.6 Å². The first-order chi connectivity index (χ1) is 50.8. The number of nitrogens with one attached hydrogen (secondary N) is 4. The Labute approximate surface area is 618 Å². The van der Waals surface area contributed by atoms with Crippen molar-refractivity contribution in [3.63, 3.8) is 0 Å². The fourth-order valence-corrected chi connectivity index (χ4v) is 15.9. The molecule has 0 atom stereocenters. The monoisotopic (exact) mass is 1490 g/mol. The van der Waals surface area contributed by atoms with Crippen molar-refractivity contribution in [3.8, 4) is 44.5 Å². The van der Waals surface area contributed by atoms with Crippen LogP contribution in [0.5, 0.6) is 0 Å². The topological polar surface area (TPSA) is 229 Å². The van der Waals surface area contributed by atoms with E-state index in [1.807, 2.05) is 255 Å². The van der Waals surface area contributed by atoms with Gasteiger partial charge in [-0.25, -0.2) is 36.8 Å². The van der Waals surface area contributed by atoms with Crippen molar-refractivity contribution in [2.24, 2.45) is 0 Å². The molecule has 18 rings (SSSR count). The van der Waals surface area contributed by atoms with E-state index in [1.54, 1.807) is 24.3 Å². The van der Waals surface area contributed by atoms with Crippen molar-refractivity contribution in [2.75, 3.05) is 0 Å². The molecular weight excluding hydrogens is 1440 g/mol. The standard InChI is InChI=1S/2C44H30N4O3S.Pd/c2*49-52(50,51)44-37-27-35-24-22-33(46-35)25-32-21-23-34(45-32)26-36-38(28-13-5-1-6-14-28)39(29-15-7-2-8-16-29)42(47-36)40(30-17-9-3-10-18-30)43(48-37)41(44)31-19-11-4-12-20-31;/h2*1-27,45,48H,(H,49,50,51);/q;;+2/p-2. The van der Waals surface area contributed by atoms with Crippen LogP contribution in [0.25, 0.3) is 135 Å². The molecule has 0 radical (unpaired) electrons. The summed E-state index contributed by atoms with van der Waals surface area (Å²) in [6.07, 6.45) is 7.31. The van der Waals surface area contributed by atoms with Crippen molar-refractivity contribution in [2.45, 2.75) is 9.79 Å². The first-order valence-corrected chi connectivity index (χ1v) is 36.4. The van der Waals surface area contributed by atoms with Gasteiger partial charge in [0.1, 0.15) is 20.2 Å². The van der Waals surface area contributed by atoms with Crippen LogP contribution in [0, 0.1) is 0 Å². The molecule has 0 unspecified atom stereocenters. The number of aromatic amines is 4. The summed E-state index contributed by atoms with van der Waals surface area (Å²) >= 11 is 0. The minimum atomic E-state index is -5.04. The van der Waals surface area contributed by atoms with Crippen molar-refractivity contribution < 1.29 is 46.4 Å². The molecule has 14 nitrogen and oxygen atoms in total. The van der Waals surface area contributed by atoms with Gasteiger partial charge in [-0.1, -0.05) is 243 Å². The number of aromatic nitrogens is 8. The van der Waals surface area contributed by atoms with Gasteiger partial charge in [0.25, 0.3) is 0 Å². The summed E-state index contributed by atoms with van der Waals surface area (Å²) in [6, 6.07) is 97.4. The first kappa shape index (κ1) is 67.0. The van der Waals surface area contributed by atoms with Crippen LogP contribution in [0.1, 0.15) is 67.8 Å². The molecule has 16 bridgehead atoms. The van der Waals surface area contributed by atoms with Crippen LogP contribution >= 0.6 is 0 Å². The van der Waals surface area contributed by atoms with E-state index in [-0.39, 0.29) is 52.4 Å². The molecule has 17 heteroatoms. The second kappa shape index (κ2) is 28.0. The van der Waals surface area contributed by atoms with Crippen molar-refractivity contribution in [1.29, 1.82) is 0 Å². The molecule has 508 valence electrons. The number of benzene rings is 8. The maximum atomic E-state index is 13.5. The Morgan fingerprint density at radius 2 is 0.505 bits per heavy atom. The minimum Gasteiger partial charge on any atom is -0.744 e. The molecule has 0 amide bonds. The Morgan fingerprint density at radius 1 is 0.257 bits per heavy atom. The Bertz CT molecular complexity index is 6090. The number of nitrogens with zero attached hydrogens (tertiary/aromatic N) is 4. The largest absolute Gasteiger partial charge is 2.00 e. The maximum Gasteiger partial charge on any atom is 2.00 e. The van der Waals surface area contributed by atoms with Gasteiger partial charge in [-0.2, -0.15) is 0 Å². The van der Waals surface area contributed by atoms with E-state index in [1.165, 1.54) is 0 Å². The van der Waals surface area contributed by atoms with E-state index in [2.05, 4.69) is 68.5 Å². The van der Waals surface area contributed by atoms with E-state index in [0.717, 1.165) is 89.1 Å². The van der Waals surface area contributed by atoms with E-state index in [9.17, 15) is 25.9 Å². The van der Waals surface area contributed by atoms with Gasteiger partial charge >= 0.3 is 20.4 Å². The van der Waals surface area contributed by atoms with Gasteiger partial charge in [0.15, 0.2) is 0 Å². The zero-order valence-electron chi connectivity index (χ0n) is 55.5. The van der Waals surface area contributed by atoms with Crippen LogP contribution in [0.2, 0.25) is 0 Å². The quantitative estimate of drug-likeness (QED) is 0.0747. The zero-order chi connectivity index (χ0) is 70.5. The summed E-state index contributed by atoms with van der Waals surface area (Å²) in [7, 11) is -10.1. The van der Waals surface area contributed by atoms with Gasteiger partial charge in [0.2, 0.25) is 0 Å². The molecule has 4 aliphatic heterocycles. The first-order valence-electron chi connectivity index (χ1n) is 33.6. The number of hydrogen-bond acceptors (Lipinski definition) is 10. The maximum absolute atomic E-state index is 13.5. The summed E-state index contributed by atoms with van der Waals surface area (Å²) in [6.45, 7) is 0.